The van der Waals surface area contributed by atoms with Gasteiger partial charge in [-0.25, -0.2) is 0 Å². The summed E-state index contributed by atoms with van der Waals surface area (Å²) in [5, 5.41) is 10.3. The van der Waals surface area contributed by atoms with Crippen molar-refractivity contribution in [3.8, 4) is 16.2 Å². The number of phenolic OH excluding ortho intramolecular Hbond substituents is 1. The molecule has 1 heterocycles. The quantitative estimate of drug-likeness (QED) is 0.307. The largest absolute Gasteiger partial charge is 0.506 e. The van der Waals surface area contributed by atoms with Crippen molar-refractivity contribution in [2.75, 3.05) is 6.61 Å². The van der Waals surface area contributed by atoms with Crippen LogP contribution in [0, 0.1) is 5.92 Å². The van der Waals surface area contributed by atoms with Crippen LogP contribution in [0.4, 0.5) is 13.2 Å². The molecular formula is C27H27Cl2F3O2S. The van der Waals surface area contributed by atoms with Gasteiger partial charge in [0.2, 0.25) is 0 Å². The first-order chi connectivity index (χ1) is 16.7. The number of ether oxygens (including phenoxy) is 1. The van der Waals surface area contributed by atoms with E-state index in [-0.39, 0.29) is 16.9 Å². The fourth-order valence-corrected chi connectivity index (χ4v) is 6.01. The van der Waals surface area contributed by atoms with Crippen LogP contribution in [0.2, 0.25) is 10.0 Å². The molecular weight excluding hydrogens is 516 g/mol. The predicted molar refractivity (Wildman–Crippen MR) is 136 cm³/mol. The van der Waals surface area contributed by atoms with E-state index in [0.29, 0.717) is 30.4 Å². The van der Waals surface area contributed by atoms with Crippen molar-refractivity contribution >= 4 is 34.5 Å². The van der Waals surface area contributed by atoms with Crippen LogP contribution >= 0.6 is 34.5 Å². The number of rotatable bonds is 8. The normalized spacial score (nSPS) is 15.9. The van der Waals surface area contributed by atoms with Gasteiger partial charge in [-0.2, -0.15) is 13.2 Å². The minimum Gasteiger partial charge on any atom is -0.506 e. The third kappa shape index (κ3) is 6.73. The highest BCUT2D eigenvalue weighted by molar-refractivity contribution is 7.15. The van der Waals surface area contributed by atoms with Gasteiger partial charge in [0.1, 0.15) is 10.8 Å². The SMILES string of the molecule is Oc1ccc(CCC(OCC2CCCCC2)c2ccc(-c3ccc(C(F)(F)F)cc3)s2)c(Cl)c1Cl. The van der Waals surface area contributed by atoms with Gasteiger partial charge in [-0.05, 0) is 73.1 Å². The molecule has 1 unspecified atom stereocenters. The molecule has 1 saturated carbocycles. The average Bonchev–Trinajstić information content (AvgIpc) is 3.34. The summed E-state index contributed by atoms with van der Waals surface area (Å²) in [6, 6.07) is 12.5. The van der Waals surface area contributed by atoms with Gasteiger partial charge in [0, 0.05) is 9.75 Å². The summed E-state index contributed by atoms with van der Waals surface area (Å²) in [4.78, 5) is 1.92. The van der Waals surface area contributed by atoms with Crippen LogP contribution in [-0.2, 0) is 17.3 Å². The second kappa shape index (κ2) is 11.5. The molecule has 2 nitrogen and oxygen atoms in total. The summed E-state index contributed by atoms with van der Waals surface area (Å²) in [5.74, 6) is 0.497. The molecule has 4 rings (SSSR count). The zero-order valence-electron chi connectivity index (χ0n) is 19.1. The second-order valence-electron chi connectivity index (χ2n) is 9.01. The monoisotopic (exact) mass is 542 g/mol. The molecule has 1 aliphatic carbocycles. The number of alkyl halides is 3. The number of aryl methyl sites for hydroxylation is 1. The number of hydrogen-bond donors (Lipinski definition) is 1. The molecule has 8 heteroatoms. The molecule has 0 bridgehead atoms. The van der Waals surface area contributed by atoms with E-state index in [1.165, 1.54) is 61.6 Å². The molecule has 3 aromatic rings. The smallest absolute Gasteiger partial charge is 0.416 e. The van der Waals surface area contributed by atoms with Crippen LogP contribution in [0.3, 0.4) is 0 Å². The van der Waals surface area contributed by atoms with Gasteiger partial charge in [0.25, 0.3) is 0 Å². The lowest BCUT2D eigenvalue weighted by atomic mass is 9.90. The highest BCUT2D eigenvalue weighted by Crippen LogP contribution is 2.39. The average molecular weight is 543 g/mol. The molecule has 0 spiro atoms. The topological polar surface area (TPSA) is 29.5 Å². The maximum atomic E-state index is 12.9. The second-order valence-corrected chi connectivity index (χ2v) is 10.9. The van der Waals surface area contributed by atoms with Gasteiger partial charge >= 0.3 is 6.18 Å². The van der Waals surface area contributed by atoms with E-state index in [2.05, 4.69) is 0 Å². The summed E-state index contributed by atoms with van der Waals surface area (Å²) in [5.41, 5.74) is 0.921. The maximum absolute atomic E-state index is 12.9. The van der Waals surface area contributed by atoms with E-state index < -0.39 is 11.7 Å². The Morgan fingerprint density at radius 3 is 2.34 bits per heavy atom. The van der Waals surface area contributed by atoms with Crippen LogP contribution in [-0.4, -0.2) is 11.7 Å². The van der Waals surface area contributed by atoms with Crippen molar-refractivity contribution in [2.45, 2.75) is 57.2 Å². The summed E-state index contributed by atoms with van der Waals surface area (Å²) in [6.45, 7) is 0.683. The van der Waals surface area contributed by atoms with Gasteiger partial charge in [-0.1, -0.05) is 60.7 Å². The van der Waals surface area contributed by atoms with E-state index in [9.17, 15) is 18.3 Å². The first-order valence-electron chi connectivity index (χ1n) is 11.8. The number of hydrogen-bond acceptors (Lipinski definition) is 3. The van der Waals surface area contributed by atoms with Gasteiger partial charge in [0.05, 0.1) is 23.3 Å². The Labute approximate surface area is 217 Å². The maximum Gasteiger partial charge on any atom is 0.416 e. The van der Waals surface area contributed by atoms with Crippen LogP contribution in [0.25, 0.3) is 10.4 Å². The zero-order valence-corrected chi connectivity index (χ0v) is 21.4. The van der Waals surface area contributed by atoms with Crippen LogP contribution in [0.5, 0.6) is 5.75 Å². The standard InChI is InChI=1S/C27H27Cl2F3O2S/c28-25-19(8-12-21(33)26(25)29)9-13-22(34-16-17-4-2-1-3-5-17)24-15-14-23(35-24)18-6-10-20(11-7-18)27(30,31)32/h6-8,10-12,14-15,17,22,33H,1-5,9,13,16H2. The molecule has 0 amide bonds. The number of thiophene rings is 1. The molecule has 0 radical (unpaired) electrons. The Morgan fingerprint density at radius 1 is 0.943 bits per heavy atom. The molecule has 2 aromatic carbocycles. The van der Waals surface area contributed by atoms with Gasteiger partial charge in [-0.3, -0.25) is 0 Å². The predicted octanol–water partition coefficient (Wildman–Crippen LogP) is 9.72. The third-order valence-corrected chi connectivity index (χ3v) is 8.65. The summed E-state index contributed by atoms with van der Waals surface area (Å²) in [6.07, 6.45) is 2.85. The van der Waals surface area contributed by atoms with E-state index in [4.69, 9.17) is 27.9 Å². The lowest BCUT2D eigenvalue weighted by Crippen LogP contribution is -2.16. The van der Waals surface area contributed by atoms with Crippen molar-refractivity contribution in [3.05, 3.63) is 74.6 Å². The van der Waals surface area contributed by atoms with Crippen molar-refractivity contribution in [1.82, 2.24) is 0 Å². The Morgan fingerprint density at radius 2 is 1.66 bits per heavy atom. The van der Waals surface area contributed by atoms with Crippen molar-refractivity contribution in [2.24, 2.45) is 5.92 Å². The number of benzene rings is 2. The fourth-order valence-electron chi connectivity index (χ4n) is 4.48. The molecule has 0 saturated heterocycles. The van der Waals surface area contributed by atoms with Crippen LogP contribution in [0.1, 0.15) is 60.6 Å². The minimum absolute atomic E-state index is 0.0510. The first kappa shape index (κ1) is 26.3. The molecule has 1 fully saturated rings. The van der Waals surface area contributed by atoms with E-state index in [1.807, 2.05) is 12.1 Å². The Bertz CT molecular complexity index is 1120. The zero-order chi connectivity index (χ0) is 25.0. The van der Waals surface area contributed by atoms with Crippen molar-refractivity contribution in [3.63, 3.8) is 0 Å². The Kier molecular flexibility index (Phi) is 8.69. The van der Waals surface area contributed by atoms with Crippen LogP contribution in [0.15, 0.2) is 48.5 Å². The fraction of sp³-hybridized carbons (Fsp3) is 0.407. The molecule has 1 aromatic heterocycles. The third-order valence-electron chi connectivity index (χ3n) is 6.52. The molecule has 1 N–H and O–H groups in total. The molecule has 35 heavy (non-hydrogen) atoms. The highest BCUT2D eigenvalue weighted by Gasteiger charge is 2.30. The lowest BCUT2D eigenvalue weighted by molar-refractivity contribution is -0.137. The summed E-state index contributed by atoms with van der Waals surface area (Å²) < 4.78 is 45.2. The first-order valence-corrected chi connectivity index (χ1v) is 13.3. The molecule has 1 aliphatic rings. The van der Waals surface area contributed by atoms with Crippen molar-refractivity contribution in [1.29, 1.82) is 0 Å². The number of halogens is 5. The molecule has 0 aliphatic heterocycles. The van der Waals surface area contributed by atoms with Gasteiger partial charge < -0.3 is 9.84 Å². The van der Waals surface area contributed by atoms with E-state index in [0.717, 1.165) is 33.0 Å². The van der Waals surface area contributed by atoms with Crippen LogP contribution < -0.4 is 0 Å². The summed E-state index contributed by atoms with van der Waals surface area (Å²) >= 11 is 14.0. The molecule has 188 valence electrons. The van der Waals surface area contributed by atoms with E-state index in [1.54, 1.807) is 6.07 Å². The van der Waals surface area contributed by atoms with Gasteiger partial charge in [-0.15, -0.1) is 11.3 Å². The lowest BCUT2D eigenvalue weighted by Gasteiger charge is -2.25. The Hall–Kier alpha value is -1.73. The highest BCUT2D eigenvalue weighted by atomic mass is 35.5. The van der Waals surface area contributed by atoms with E-state index >= 15 is 0 Å². The summed E-state index contributed by atoms with van der Waals surface area (Å²) in [7, 11) is 0. The van der Waals surface area contributed by atoms with Gasteiger partial charge in [0.15, 0.2) is 0 Å². The Balaban J connectivity index is 1.51. The molecule has 1 atom stereocenters. The number of phenols is 1. The number of aromatic hydroxyl groups is 1. The minimum atomic E-state index is -4.35. The van der Waals surface area contributed by atoms with Crippen molar-refractivity contribution < 1.29 is 23.0 Å².